The number of carbonyl (C=O) groups excluding carboxylic acids is 1. The Labute approximate surface area is 160 Å². The first kappa shape index (κ1) is 20.7. The Morgan fingerprint density at radius 3 is 2.30 bits per heavy atom. The van der Waals surface area contributed by atoms with Crippen molar-refractivity contribution in [3.63, 3.8) is 0 Å². The average Bonchev–Trinajstić information content (AvgIpc) is 2.65. The number of sulfonamides is 1. The van der Waals surface area contributed by atoms with Gasteiger partial charge in [0.15, 0.2) is 0 Å². The second kappa shape index (κ2) is 9.38. The maximum absolute atomic E-state index is 12.2. The number of anilines is 1. The van der Waals surface area contributed by atoms with Gasteiger partial charge in [-0.05, 0) is 29.8 Å². The number of nitrogens with zero attached hydrogens (tertiary/aromatic N) is 1. The Kier molecular flexibility index (Phi) is 7.20. The van der Waals surface area contributed by atoms with Gasteiger partial charge in [0.05, 0.1) is 26.2 Å². The number of amides is 1. The molecule has 0 bridgehead atoms. The van der Waals surface area contributed by atoms with Gasteiger partial charge < -0.3 is 14.8 Å². The highest BCUT2D eigenvalue weighted by atomic mass is 32.2. The van der Waals surface area contributed by atoms with E-state index in [0.29, 0.717) is 17.2 Å². The number of benzene rings is 2. The largest absolute Gasteiger partial charge is 0.497 e. The molecule has 1 N–H and O–H groups in total. The van der Waals surface area contributed by atoms with Crippen LogP contribution in [0.4, 0.5) is 5.69 Å². The van der Waals surface area contributed by atoms with Crippen molar-refractivity contribution in [2.24, 2.45) is 0 Å². The first-order valence-electron chi connectivity index (χ1n) is 8.34. The number of ether oxygens (including phenoxy) is 2. The normalized spacial score (nSPS) is 11.3. The third-order valence-electron chi connectivity index (χ3n) is 3.96. The summed E-state index contributed by atoms with van der Waals surface area (Å²) in [6, 6.07) is 14.2. The molecule has 7 nitrogen and oxygen atoms in total. The molecule has 0 aliphatic rings. The lowest BCUT2D eigenvalue weighted by Gasteiger charge is -2.20. The van der Waals surface area contributed by atoms with Crippen molar-refractivity contribution < 1.29 is 22.7 Å². The second-order valence-electron chi connectivity index (χ2n) is 5.94. The average molecular weight is 392 g/mol. The minimum absolute atomic E-state index is 0.0290. The fourth-order valence-electron chi connectivity index (χ4n) is 2.48. The van der Waals surface area contributed by atoms with Crippen LogP contribution < -0.4 is 14.8 Å². The van der Waals surface area contributed by atoms with Crippen molar-refractivity contribution in [1.29, 1.82) is 0 Å². The number of rotatable bonds is 9. The van der Waals surface area contributed by atoms with E-state index < -0.39 is 10.0 Å². The quantitative estimate of drug-likeness (QED) is 0.709. The van der Waals surface area contributed by atoms with E-state index >= 15 is 0 Å². The molecule has 0 heterocycles. The van der Waals surface area contributed by atoms with Crippen molar-refractivity contribution in [2.75, 3.05) is 32.3 Å². The minimum Gasteiger partial charge on any atom is -0.497 e. The molecule has 8 heteroatoms. The molecule has 2 rings (SSSR count). The molecule has 1 amide bonds. The standard InChI is InChI=1S/C19H24N2O5S/c1-25-16-10-8-15(9-11-16)14-21(27(3,23)24)13-12-19(22)20-17-6-4-5-7-18(17)26-2/h4-11H,12-14H2,1-3H3,(H,20,22). The van der Waals surface area contributed by atoms with Crippen LogP contribution in [0, 0.1) is 0 Å². The van der Waals surface area contributed by atoms with Crippen LogP contribution >= 0.6 is 0 Å². The summed E-state index contributed by atoms with van der Waals surface area (Å²) in [5.41, 5.74) is 1.36. The van der Waals surface area contributed by atoms with Gasteiger partial charge in [0.2, 0.25) is 15.9 Å². The predicted octanol–water partition coefficient (Wildman–Crippen LogP) is 2.49. The minimum atomic E-state index is -3.46. The predicted molar refractivity (Wildman–Crippen MR) is 104 cm³/mol. The zero-order valence-electron chi connectivity index (χ0n) is 15.6. The molecule has 0 aliphatic heterocycles. The number of methoxy groups -OCH3 is 2. The van der Waals surface area contributed by atoms with Crippen LogP contribution in [0.5, 0.6) is 11.5 Å². The highest BCUT2D eigenvalue weighted by molar-refractivity contribution is 7.88. The molecule has 0 saturated carbocycles. The molecule has 0 saturated heterocycles. The Balaban J connectivity index is 2.00. The Morgan fingerprint density at radius 1 is 1.04 bits per heavy atom. The number of carbonyl (C=O) groups is 1. The Bertz CT molecular complexity index is 866. The summed E-state index contributed by atoms with van der Waals surface area (Å²) in [6.07, 6.45) is 1.16. The molecule has 2 aromatic rings. The Morgan fingerprint density at radius 2 is 1.70 bits per heavy atom. The molecule has 27 heavy (non-hydrogen) atoms. The third-order valence-corrected chi connectivity index (χ3v) is 5.21. The summed E-state index contributed by atoms with van der Waals surface area (Å²) in [4.78, 5) is 12.2. The van der Waals surface area contributed by atoms with E-state index in [1.54, 1.807) is 55.6 Å². The van der Waals surface area contributed by atoms with E-state index in [0.717, 1.165) is 11.8 Å². The topological polar surface area (TPSA) is 84.9 Å². The van der Waals surface area contributed by atoms with Crippen LogP contribution in [0.15, 0.2) is 48.5 Å². The molecule has 2 aromatic carbocycles. The van der Waals surface area contributed by atoms with E-state index in [1.807, 2.05) is 0 Å². The number of nitrogens with one attached hydrogen (secondary N) is 1. The van der Waals surface area contributed by atoms with Crippen LogP contribution in [-0.4, -0.2) is 45.7 Å². The van der Waals surface area contributed by atoms with E-state index in [9.17, 15) is 13.2 Å². The summed E-state index contributed by atoms with van der Waals surface area (Å²) in [5.74, 6) is 0.952. The van der Waals surface area contributed by atoms with Crippen LogP contribution in [0.2, 0.25) is 0 Å². The lowest BCUT2D eigenvalue weighted by atomic mass is 10.2. The second-order valence-corrected chi connectivity index (χ2v) is 7.93. The maximum Gasteiger partial charge on any atom is 0.225 e. The molecular weight excluding hydrogens is 368 g/mol. The van der Waals surface area contributed by atoms with Crippen molar-refractivity contribution in [2.45, 2.75) is 13.0 Å². The van der Waals surface area contributed by atoms with Gasteiger partial charge >= 0.3 is 0 Å². The van der Waals surface area contributed by atoms with Gasteiger partial charge in [-0.3, -0.25) is 4.79 Å². The highest BCUT2D eigenvalue weighted by Gasteiger charge is 2.19. The number of hydrogen-bond acceptors (Lipinski definition) is 5. The van der Waals surface area contributed by atoms with Crippen LogP contribution in [0.3, 0.4) is 0 Å². The summed E-state index contributed by atoms with van der Waals surface area (Å²) < 4.78 is 35.7. The molecule has 0 aromatic heterocycles. The van der Waals surface area contributed by atoms with Crippen LogP contribution in [0.1, 0.15) is 12.0 Å². The van der Waals surface area contributed by atoms with Crippen LogP contribution in [-0.2, 0) is 21.4 Å². The van der Waals surface area contributed by atoms with Gasteiger partial charge in [-0.1, -0.05) is 24.3 Å². The van der Waals surface area contributed by atoms with Crippen molar-refractivity contribution >= 4 is 21.6 Å². The third kappa shape index (κ3) is 6.26. The van der Waals surface area contributed by atoms with Crippen molar-refractivity contribution in [3.8, 4) is 11.5 Å². The van der Waals surface area contributed by atoms with Crippen molar-refractivity contribution in [1.82, 2.24) is 4.31 Å². The van der Waals surface area contributed by atoms with Crippen molar-refractivity contribution in [3.05, 3.63) is 54.1 Å². The van der Waals surface area contributed by atoms with Gasteiger partial charge in [-0.15, -0.1) is 0 Å². The molecule has 0 spiro atoms. The summed E-state index contributed by atoms with van der Waals surface area (Å²) in [5, 5.41) is 2.75. The maximum atomic E-state index is 12.2. The molecule has 0 radical (unpaired) electrons. The molecule has 0 unspecified atom stereocenters. The fourth-order valence-corrected chi connectivity index (χ4v) is 3.29. The monoisotopic (exact) mass is 392 g/mol. The molecule has 0 aliphatic carbocycles. The fraction of sp³-hybridized carbons (Fsp3) is 0.316. The van der Waals surface area contributed by atoms with Gasteiger partial charge in [0.1, 0.15) is 11.5 Å². The van der Waals surface area contributed by atoms with Crippen LogP contribution in [0.25, 0.3) is 0 Å². The van der Waals surface area contributed by atoms with Gasteiger partial charge in [0.25, 0.3) is 0 Å². The zero-order chi connectivity index (χ0) is 19.9. The number of para-hydroxylation sites is 2. The molecule has 0 atom stereocenters. The van der Waals surface area contributed by atoms with E-state index in [4.69, 9.17) is 9.47 Å². The van der Waals surface area contributed by atoms with E-state index in [1.165, 1.54) is 11.4 Å². The van der Waals surface area contributed by atoms with Gasteiger partial charge in [-0.25, -0.2) is 8.42 Å². The summed E-state index contributed by atoms with van der Waals surface area (Å²) >= 11 is 0. The zero-order valence-corrected chi connectivity index (χ0v) is 16.5. The summed E-state index contributed by atoms with van der Waals surface area (Å²) in [7, 11) is -0.376. The van der Waals surface area contributed by atoms with Gasteiger partial charge in [0, 0.05) is 19.5 Å². The van der Waals surface area contributed by atoms with Gasteiger partial charge in [-0.2, -0.15) is 4.31 Å². The van der Waals surface area contributed by atoms with E-state index in [-0.39, 0.29) is 25.4 Å². The lowest BCUT2D eigenvalue weighted by molar-refractivity contribution is -0.116. The first-order valence-corrected chi connectivity index (χ1v) is 10.2. The SMILES string of the molecule is COc1ccc(CN(CCC(=O)Nc2ccccc2OC)S(C)(=O)=O)cc1. The molecule has 0 fully saturated rings. The lowest BCUT2D eigenvalue weighted by Crippen LogP contribution is -2.32. The van der Waals surface area contributed by atoms with E-state index in [2.05, 4.69) is 5.32 Å². The highest BCUT2D eigenvalue weighted by Crippen LogP contribution is 2.23. The smallest absolute Gasteiger partial charge is 0.225 e. The molecule has 146 valence electrons. The first-order chi connectivity index (χ1) is 12.8. The Hall–Kier alpha value is -2.58. The summed E-state index contributed by atoms with van der Waals surface area (Å²) in [6.45, 7) is 0.261. The number of hydrogen-bond donors (Lipinski definition) is 1. The molecular formula is C19H24N2O5S.